The van der Waals surface area contributed by atoms with Gasteiger partial charge >= 0.3 is 0 Å². The molecule has 7 nitrogen and oxygen atoms in total. The number of aryl methyl sites for hydroxylation is 1. The molecule has 0 radical (unpaired) electrons. The van der Waals surface area contributed by atoms with Gasteiger partial charge in [0.15, 0.2) is 11.5 Å². The van der Waals surface area contributed by atoms with Crippen molar-refractivity contribution in [1.82, 2.24) is 14.3 Å². The number of ether oxygens (including phenoxy) is 2. The third kappa shape index (κ3) is 3.74. The summed E-state index contributed by atoms with van der Waals surface area (Å²) in [6, 6.07) is 14.5. The molecule has 28 heavy (non-hydrogen) atoms. The molecule has 1 aliphatic heterocycles. The van der Waals surface area contributed by atoms with Gasteiger partial charge in [0, 0.05) is 36.6 Å². The first kappa shape index (κ1) is 18.5. The highest BCUT2D eigenvalue weighted by Crippen LogP contribution is 2.32. The van der Waals surface area contributed by atoms with Crippen LogP contribution < -0.4 is 14.2 Å². The lowest BCUT2D eigenvalue weighted by Crippen LogP contribution is -2.28. The molecule has 0 atom stereocenters. The minimum Gasteiger partial charge on any atom is -0.486 e. The quantitative estimate of drug-likeness (QED) is 0.689. The molecule has 8 heteroatoms. The van der Waals surface area contributed by atoms with E-state index in [0.717, 1.165) is 17.1 Å². The first-order valence-corrected chi connectivity index (χ1v) is 10.5. The zero-order valence-corrected chi connectivity index (χ0v) is 16.3. The summed E-state index contributed by atoms with van der Waals surface area (Å²) in [6.07, 6.45) is 1.79. The molecule has 1 aromatic heterocycles. The average molecular weight is 399 g/mol. The minimum atomic E-state index is -3.66. The average Bonchev–Trinajstić information content (AvgIpc) is 3.09. The molecule has 2 heterocycles. The first-order chi connectivity index (χ1) is 13.5. The third-order valence-corrected chi connectivity index (χ3v) is 6.00. The van der Waals surface area contributed by atoms with Crippen LogP contribution in [0.2, 0.25) is 0 Å². The number of aromatic nitrogens is 2. The highest BCUT2D eigenvalue weighted by atomic mass is 32.2. The summed E-state index contributed by atoms with van der Waals surface area (Å²) in [4.78, 5) is 4.62. The van der Waals surface area contributed by atoms with Crippen molar-refractivity contribution in [2.45, 2.75) is 18.4 Å². The Labute approximate surface area is 164 Å². The fraction of sp³-hybridized carbons (Fsp3) is 0.250. The van der Waals surface area contributed by atoms with Gasteiger partial charge in [0.1, 0.15) is 19.0 Å². The molecule has 0 saturated carbocycles. The summed E-state index contributed by atoms with van der Waals surface area (Å²) >= 11 is 0. The molecule has 0 unspecified atom stereocenters. The van der Waals surface area contributed by atoms with E-state index in [9.17, 15) is 8.42 Å². The van der Waals surface area contributed by atoms with Gasteiger partial charge in [0.05, 0.1) is 4.90 Å². The Morgan fingerprint density at radius 3 is 2.61 bits per heavy atom. The second-order valence-electron chi connectivity index (χ2n) is 6.44. The van der Waals surface area contributed by atoms with E-state index in [-0.39, 0.29) is 11.4 Å². The smallest absolute Gasteiger partial charge is 0.240 e. The summed E-state index contributed by atoms with van der Waals surface area (Å²) in [5.41, 5.74) is 1.96. The second-order valence-corrected chi connectivity index (χ2v) is 8.21. The highest BCUT2D eigenvalue weighted by molar-refractivity contribution is 7.89. The SMILES string of the molecule is Cc1cnc(-c2ccccc2)n1CCNS(=O)(=O)c1ccc2c(c1)OCCO2. The molecule has 0 fully saturated rings. The van der Waals surface area contributed by atoms with E-state index in [1.54, 1.807) is 12.3 Å². The Balaban J connectivity index is 1.48. The number of nitrogens with one attached hydrogen (secondary N) is 1. The van der Waals surface area contributed by atoms with E-state index in [0.29, 0.717) is 31.3 Å². The van der Waals surface area contributed by atoms with Crippen LogP contribution in [-0.4, -0.2) is 37.7 Å². The summed E-state index contributed by atoms with van der Waals surface area (Å²) in [6.45, 7) is 3.54. The van der Waals surface area contributed by atoms with Crippen LogP contribution in [0.25, 0.3) is 11.4 Å². The van der Waals surface area contributed by atoms with Crippen LogP contribution in [0.3, 0.4) is 0 Å². The molecule has 0 spiro atoms. The lowest BCUT2D eigenvalue weighted by Gasteiger charge is -2.19. The van der Waals surface area contributed by atoms with E-state index >= 15 is 0 Å². The number of fused-ring (bicyclic) bond motifs is 1. The number of sulfonamides is 1. The first-order valence-electron chi connectivity index (χ1n) is 9.01. The molecule has 2 aromatic carbocycles. The third-order valence-electron chi connectivity index (χ3n) is 4.54. The predicted octanol–water partition coefficient (Wildman–Crippen LogP) is 2.61. The summed E-state index contributed by atoms with van der Waals surface area (Å²) in [5.74, 6) is 1.83. The molecule has 0 saturated heterocycles. The summed E-state index contributed by atoms with van der Waals surface area (Å²) < 4.78 is 40.9. The molecule has 0 bridgehead atoms. The van der Waals surface area contributed by atoms with E-state index in [4.69, 9.17) is 9.47 Å². The van der Waals surface area contributed by atoms with Crippen LogP contribution in [0, 0.1) is 6.92 Å². The van der Waals surface area contributed by atoms with Gasteiger partial charge in [-0.2, -0.15) is 0 Å². The normalized spacial score (nSPS) is 13.5. The predicted molar refractivity (Wildman–Crippen MR) is 105 cm³/mol. The number of imidazole rings is 1. The van der Waals surface area contributed by atoms with E-state index in [1.165, 1.54) is 12.1 Å². The molecule has 0 aliphatic carbocycles. The van der Waals surface area contributed by atoms with Crippen LogP contribution in [0.1, 0.15) is 5.69 Å². The molecular weight excluding hydrogens is 378 g/mol. The van der Waals surface area contributed by atoms with Crippen LogP contribution in [0.15, 0.2) is 59.6 Å². The Kier molecular flexibility index (Phi) is 5.06. The van der Waals surface area contributed by atoms with E-state index in [1.807, 2.05) is 41.8 Å². The van der Waals surface area contributed by atoms with Crippen LogP contribution in [0.4, 0.5) is 0 Å². The molecule has 146 valence electrons. The van der Waals surface area contributed by atoms with Gasteiger partial charge in [0.25, 0.3) is 0 Å². The lowest BCUT2D eigenvalue weighted by molar-refractivity contribution is 0.171. The van der Waals surface area contributed by atoms with Crippen molar-refractivity contribution in [2.24, 2.45) is 0 Å². The van der Waals surface area contributed by atoms with Crippen molar-refractivity contribution in [3.8, 4) is 22.9 Å². The largest absolute Gasteiger partial charge is 0.486 e. The fourth-order valence-electron chi connectivity index (χ4n) is 3.13. The Hall–Kier alpha value is -2.84. The number of hydrogen-bond donors (Lipinski definition) is 1. The van der Waals surface area contributed by atoms with Crippen LogP contribution in [-0.2, 0) is 16.6 Å². The van der Waals surface area contributed by atoms with Crippen LogP contribution in [0.5, 0.6) is 11.5 Å². The van der Waals surface area contributed by atoms with E-state index in [2.05, 4.69) is 9.71 Å². The number of hydrogen-bond acceptors (Lipinski definition) is 5. The highest BCUT2D eigenvalue weighted by Gasteiger charge is 2.19. The zero-order valence-electron chi connectivity index (χ0n) is 15.5. The standard InChI is InChI=1S/C20H21N3O4S/c1-15-14-21-20(16-5-3-2-4-6-16)23(15)10-9-22-28(24,25)17-7-8-18-19(13-17)27-12-11-26-18/h2-8,13-14,22H,9-12H2,1H3. The van der Waals surface area contributed by atoms with Crippen molar-refractivity contribution in [1.29, 1.82) is 0 Å². The van der Waals surface area contributed by atoms with Gasteiger partial charge in [-0.15, -0.1) is 0 Å². The maximum atomic E-state index is 12.7. The lowest BCUT2D eigenvalue weighted by atomic mass is 10.2. The zero-order chi connectivity index (χ0) is 19.6. The minimum absolute atomic E-state index is 0.155. The van der Waals surface area contributed by atoms with Gasteiger partial charge in [-0.05, 0) is 19.1 Å². The van der Waals surface area contributed by atoms with Gasteiger partial charge in [-0.3, -0.25) is 0 Å². The Morgan fingerprint density at radius 1 is 1.07 bits per heavy atom. The molecule has 0 amide bonds. The fourth-order valence-corrected chi connectivity index (χ4v) is 4.16. The van der Waals surface area contributed by atoms with E-state index < -0.39 is 10.0 Å². The summed E-state index contributed by atoms with van der Waals surface area (Å²) in [7, 11) is -3.66. The van der Waals surface area contributed by atoms with Crippen LogP contribution >= 0.6 is 0 Å². The topological polar surface area (TPSA) is 82.5 Å². The molecule has 1 aliphatic rings. The Bertz CT molecular complexity index is 1080. The maximum Gasteiger partial charge on any atom is 0.240 e. The second kappa shape index (κ2) is 7.65. The maximum absolute atomic E-state index is 12.7. The number of benzene rings is 2. The van der Waals surface area contributed by atoms with Crippen molar-refractivity contribution >= 4 is 10.0 Å². The number of nitrogens with zero attached hydrogens (tertiary/aromatic N) is 2. The monoisotopic (exact) mass is 399 g/mol. The van der Waals surface area contributed by atoms with Crippen molar-refractivity contribution < 1.29 is 17.9 Å². The van der Waals surface area contributed by atoms with Gasteiger partial charge in [0.2, 0.25) is 10.0 Å². The van der Waals surface area contributed by atoms with Crippen molar-refractivity contribution in [3.63, 3.8) is 0 Å². The molecule has 4 rings (SSSR count). The molecule has 1 N–H and O–H groups in total. The molecule has 3 aromatic rings. The van der Waals surface area contributed by atoms with Gasteiger partial charge in [-0.25, -0.2) is 18.1 Å². The van der Waals surface area contributed by atoms with Gasteiger partial charge < -0.3 is 14.0 Å². The summed E-state index contributed by atoms with van der Waals surface area (Å²) in [5, 5.41) is 0. The number of rotatable bonds is 6. The van der Waals surface area contributed by atoms with Gasteiger partial charge in [-0.1, -0.05) is 30.3 Å². The Morgan fingerprint density at radius 2 is 1.82 bits per heavy atom. The van der Waals surface area contributed by atoms with Crippen molar-refractivity contribution in [2.75, 3.05) is 19.8 Å². The van der Waals surface area contributed by atoms with Crippen molar-refractivity contribution in [3.05, 3.63) is 60.4 Å². The molecular formula is C20H21N3O4S.